The maximum Gasteiger partial charge on any atom is 0.139 e. The van der Waals surface area contributed by atoms with Crippen LogP contribution in [-0.4, -0.2) is 16.5 Å². The second-order valence-electron chi connectivity index (χ2n) is 4.92. The summed E-state index contributed by atoms with van der Waals surface area (Å²) in [5, 5.41) is 7.29. The molecule has 1 aromatic heterocycles. The summed E-state index contributed by atoms with van der Waals surface area (Å²) >= 11 is 9.58. The molecular formula is C15H18BrClN4. The van der Waals surface area contributed by atoms with Crippen LogP contribution >= 0.6 is 27.5 Å². The van der Waals surface area contributed by atoms with E-state index in [9.17, 15) is 0 Å². The van der Waals surface area contributed by atoms with Crippen LogP contribution in [0.5, 0.6) is 0 Å². The number of rotatable bonds is 5. The second-order valence-corrected chi connectivity index (χ2v) is 6.21. The average Bonchev–Trinajstić information content (AvgIpc) is 2.43. The van der Waals surface area contributed by atoms with E-state index in [1.807, 2.05) is 25.1 Å². The molecule has 0 radical (unpaired) electrons. The SMILES string of the molecule is CCNc1ncnc(Nc2cc(Cl)ccc2Br)c1C(C)C. The highest BCUT2D eigenvalue weighted by atomic mass is 79.9. The van der Waals surface area contributed by atoms with Gasteiger partial charge in [0, 0.05) is 21.6 Å². The summed E-state index contributed by atoms with van der Waals surface area (Å²) in [4.78, 5) is 8.71. The minimum Gasteiger partial charge on any atom is -0.370 e. The van der Waals surface area contributed by atoms with Crippen LogP contribution in [0.2, 0.25) is 5.02 Å². The van der Waals surface area contributed by atoms with Gasteiger partial charge in [-0.25, -0.2) is 9.97 Å². The monoisotopic (exact) mass is 368 g/mol. The van der Waals surface area contributed by atoms with E-state index in [0.717, 1.165) is 33.9 Å². The van der Waals surface area contributed by atoms with E-state index in [4.69, 9.17) is 11.6 Å². The first-order valence-corrected chi connectivity index (χ1v) is 8.00. The van der Waals surface area contributed by atoms with Gasteiger partial charge < -0.3 is 10.6 Å². The number of nitrogens with one attached hydrogen (secondary N) is 2. The summed E-state index contributed by atoms with van der Waals surface area (Å²) in [7, 11) is 0. The van der Waals surface area contributed by atoms with Gasteiger partial charge in [-0.1, -0.05) is 25.4 Å². The number of hydrogen-bond donors (Lipinski definition) is 2. The first-order valence-electron chi connectivity index (χ1n) is 6.83. The van der Waals surface area contributed by atoms with Gasteiger partial charge >= 0.3 is 0 Å². The summed E-state index contributed by atoms with van der Waals surface area (Å²) < 4.78 is 0.935. The van der Waals surface area contributed by atoms with Crippen molar-refractivity contribution in [3.05, 3.63) is 39.6 Å². The van der Waals surface area contributed by atoms with Gasteiger partial charge in [-0.05, 0) is 47.0 Å². The molecule has 1 heterocycles. The number of halogens is 2. The molecule has 1 aromatic carbocycles. The molecule has 0 saturated carbocycles. The van der Waals surface area contributed by atoms with Gasteiger partial charge in [0.15, 0.2) is 0 Å². The third-order valence-corrected chi connectivity index (χ3v) is 3.91. The second kappa shape index (κ2) is 7.09. The van der Waals surface area contributed by atoms with E-state index >= 15 is 0 Å². The number of hydrogen-bond acceptors (Lipinski definition) is 4. The van der Waals surface area contributed by atoms with Crippen molar-refractivity contribution >= 4 is 44.9 Å². The van der Waals surface area contributed by atoms with Gasteiger partial charge in [0.05, 0.1) is 5.69 Å². The van der Waals surface area contributed by atoms with Crippen LogP contribution in [0.1, 0.15) is 32.3 Å². The summed E-state index contributed by atoms with van der Waals surface area (Å²) in [6, 6.07) is 5.61. The molecule has 0 saturated heterocycles. The zero-order chi connectivity index (χ0) is 15.4. The smallest absolute Gasteiger partial charge is 0.139 e. The molecule has 6 heteroatoms. The maximum absolute atomic E-state index is 6.06. The van der Waals surface area contributed by atoms with Gasteiger partial charge in [0.25, 0.3) is 0 Å². The van der Waals surface area contributed by atoms with Gasteiger partial charge in [-0.3, -0.25) is 0 Å². The van der Waals surface area contributed by atoms with Crippen LogP contribution in [0.4, 0.5) is 17.3 Å². The molecule has 0 aliphatic heterocycles. The third-order valence-electron chi connectivity index (χ3n) is 2.99. The Morgan fingerprint density at radius 1 is 1.24 bits per heavy atom. The molecule has 0 aliphatic carbocycles. The lowest BCUT2D eigenvalue weighted by Crippen LogP contribution is -2.09. The lowest BCUT2D eigenvalue weighted by atomic mass is 10.0. The predicted octanol–water partition coefficient (Wildman–Crippen LogP) is 5.19. The largest absolute Gasteiger partial charge is 0.370 e. The highest BCUT2D eigenvalue weighted by molar-refractivity contribution is 9.10. The first kappa shape index (κ1) is 16.0. The number of benzene rings is 1. The van der Waals surface area contributed by atoms with Crippen LogP contribution in [-0.2, 0) is 0 Å². The number of anilines is 3. The van der Waals surface area contributed by atoms with Crippen molar-refractivity contribution in [3.63, 3.8) is 0 Å². The van der Waals surface area contributed by atoms with Gasteiger partial charge in [-0.15, -0.1) is 0 Å². The molecule has 0 bridgehead atoms. The Morgan fingerprint density at radius 2 is 1.95 bits per heavy atom. The average molecular weight is 370 g/mol. The molecule has 0 fully saturated rings. The molecule has 0 amide bonds. The molecule has 2 N–H and O–H groups in total. The van der Waals surface area contributed by atoms with Crippen molar-refractivity contribution in [1.82, 2.24) is 9.97 Å². The van der Waals surface area contributed by atoms with E-state index in [1.54, 1.807) is 6.33 Å². The van der Waals surface area contributed by atoms with Gasteiger partial charge in [0.2, 0.25) is 0 Å². The zero-order valence-corrected chi connectivity index (χ0v) is 14.6. The molecule has 0 spiro atoms. The molecule has 2 rings (SSSR count). The Morgan fingerprint density at radius 3 is 2.62 bits per heavy atom. The lowest BCUT2D eigenvalue weighted by molar-refractivity contribution is 0.849. The number of nitrogens with zero attached hydrogens (tertiary/aromatic N) is 2. The van der Waals surface area contributed by atoms with Crippen LogP contribution < -0.4 is 10.6 Å². The molecule has 4 nitrogen and oxygen atoms in total. The Bertz CT molecular complexity index is 631. The van der Waals surface area contributed by atoms with E-state index < -0.39 is 0 Å². The normalized spacial score (nSPS) is 10.8. The van der Waals surface area contributed by atoms with Crippen LogP contribution in [0, 0.1) is 0 Å². The summed E-state index contributed by atoms with van der Waals surface area (Å²) in [5.41, 5.74) is 1.94. The highest BCUT2D eigenvalue weighted by Gasteiger charge is 2.15. The summed E-state index contributed by atoms with van der Waals surface area (Å²) in [6.45, 7) is 7.11. The van der Waals surface area contributed by atoms with Crippen molar-refractivity contribution in [3.8, 4) is 0 Å². The van der Waals surface area contributed by atoms with E-state index in [0.29, 0.717) is 10.9 Å². The minimum atomic E-state index is 0.292. The Kier molecular flexibility index (Phi) is 5.42. The topological polar surface area (TPSA) is 49.8 Å². The molecule has 0 unspecified atom stereocenters. The standard InChI is InChI=1S/C15H18BrClN4/c1-4-18-14-13(9(2)3)15(20-8-19-14)21-12-7-10(17)5-6-11(12)16/h5-9H,4H2,1-3H3,(H2,18,19,20,21). The molecule has 0 aliphatic rings. The fourth-order valence-electron chi connectivity index (χ4n) is 2.07. The Hall–Kier alpha value is -1.33. The van der Waals surface area contributed by atoms with Crippen LogP contribution in [0.25, 0.3) is 0 Å². The maximum atomic E-state index is 6.06. The summed E-state index contributed by atoms with van der Waals surface area (Å²) in [6.07, 6.45) is 1.56. The quantitative estimate of drug-likeness (QED) is 0.761. The highest BCUT2D eigenvalue weighted by Crippen LogP contribution is 2.33. The Balaban J connectivity index is 2.43. The fourth-order valence-corrected chi connectivity index (χ4v) is 2.59. The summed E-state index contributed by atoms with van der Waals surface area (Å²) in [5.74, 6) is 1.95. The van der Waals surface area contributed by atoms with Crippen molar-refractivity contribution in [1.29, 1.82) is 0 Å². The predicted molar refractivity (Wildman–Crippen MR) is 92.7 cm³/mol. The van der Waals surface area contributed by atoms with E-state index in [1.165, 1.54) is 0 Å². The molecule has 112 valence electrons. The third kappa shape index (κ3) is 3.86. The molecular weight excluding hydrogens is 352 g/mol. The van der Waals surface area contributed by atoms with E-state index in [-0.39, 0.29) is 0 Å². The Labute approximate surface area is 138 Å². The first-order chi connectivity index (χ1) is 10.0. The molecule has 0 atom stereocenters. The van der Waals surface area contributed by atoms with Crippen LogP contribution in [0.15, 0.2) is 29.0 Å². The fraction of sp³-hybridized carbons (Fsp3) is 0.333. The van der Waals surface area contributed by atoms with Crippen LogP contribution in [0.3, 0.4) is 0 Å². The zero-order valence-electron chi connectivity index (χ0n) is 12.2. The molecule has 21 heavy (non-hydrogen) atoms. The van der Waals surface area contributed by atoms with Crippen molar-refractivity contribution in [2.24, 2.45) is 0 Å². The minimum absolute atomic E-state index is 0.292. The van der Waals surface area contributed by atoms with Crippen molar-refractivity contribution < 1.29 is 0 Å². The number of aromatic nitrogens is 2. The van der Waals surface area contributed by atoms with Crippen molar-refractivity contribution in [2.45, 2.75) is 26.7 Å². The van der Waals surface area contributed by atoms with Gasteiger partial charge in [0.1, 0.15) is 18.0 Å². The van der Waals surface area contributed by atoms with Gasteiger partial charge in [-0.2, -0.15) is 0 Å². The molecule has 2 aromatic rings. The van der Waals surface area contributed by atoms with Crippen molar-refractivity contribution in [2.75, 3.05) is 17.2 Å². The van der Waals surface area contributed by atoms with E-state index in [2.05, 4.69) is 50.4 Å². The lowest BCUT2D eigenvalue weighted by Gasteiger charge is -2.18.